The Bertz CT molecular complexity index is 695. The first-order valence-electron chi connectivity index (χ1n) is 7.15. The van der Waals surface area contributed by atoms with Crippen LogP contribution in [0.25, 0.3) is 0 Å². The summed E-state index contributed by atoms with van der Waals surface area (Å²) in [7, 11) is -0.743. The molecule has 1 fully saturated rings. The summed E-state index contributed by atoms with van der Waals surface area (Å²) >= 11 is 0. The number of benzene rings is 1. The molecular weight excluding hydrogens is 328 g/mol. The Labute approximate surface area is 134 Å². The Hall–Kier alpha value is -1.58. The van der Waals surface area contributed by atoms with Gasteiger partial charge in [-0.3, -0.25) is 4.79 Å². The van der Waals surface area contributed by atoms with Gasteiger partial charge in [0.2, 0.25) is 5.91 Å². The quantitative estimate of drug-likeness (QED) is 0.896. The van der Waals surface area contributed by atoms with Crippen molar-refractivity contribution in [3.05, 3.63) is 29.8 Å². The number of halogens is 2. The fourth-order valence-electron chi connectivity index (χ4n) is 2.42. The minimum absolute atomic E-state index is 0.0369. The molecule has 1 N–H and O–H groups in total. The standard InChI is InChI=1S/C14H19F2N3O3S/c1-18(2)23(21,22)19-7-3-4-10(9-19)14(20)17-13-6-5-11(15)8-12(13)16/h5-6,8,10H,3-4,7,9H2,1-2H3,(H,17,20). The van der Waals surface area contributed by atoms with Crippen LogP contribution in [0.2, 0.25) is 0 Å². The normalized spacial score (nSPS) is 19.8. The zero-order chi connectivity index (χ0) is 17.2. The minimum Gasteiger partial charge on any atom is -0.323 e. The number of amides is 1. The van der Waals surface area contributed by atoms with Gasteiger partial charge in [-0.1, -0.05) is 0 Å². The Morgan fingerprint density at radius 1 is 1.35 bits per heavy atom. The highest BCUT2D eigenvalue weighted by atomic mass is 32.2. The zero-order valence-corrected chi connectivity index (χ0v) is 13.7. The summed E-state index contributed by atoms with van der Waals surface area (Å²) in [5.41, 5.74) is -0.121. The number of hydrogen-bond acceptors (Lipinski definition) is 3. The first kappa shape index (κ1) is 17.8. The van der Waals surface area contributed by atoms with E-state index in [1.807, 2.05) is 0 Å². The summed E-state index contributed by atoms with van der Waals surface area (Å²) in [6, 6.07) is 2.86. The number of piperidine rings is 1. The maximum Gasteiger partial charge on any atom is 0.281 e. The van der Waals surface area contributed by atoms with Crippen LogP contribution in [0.4, 0.5) is 14.5 Å². The fraction of sp³-hybridized carbons (Fsp3) is 0.500. The minimum atomic E-state index is -3.59. The van der Waals surface area contributed by atoms with E-state index in [0.717, 1.165) is 16.4 Å². The van der Waals surface area contributed by atoms with Crippen molar-refractivity contribution in [1.82, 2.24) is 8.61 Å². The Kier molecular flexibility index (Phi) is 5.33. The predicted molar refractivity (Wildman–Crippen MR) is 81.9 cm³/mol. The van der Waals surface area contributed by atoms with Gasteiger partial charge in [0.25, 0.3) is 10.2 Å². The highest BCUT2D eigenvalue weighted by Gasteiger charge is 2.33. The lowest BCUT2D eigenvalue weighted by Crippen LogP contribution is -2.47. The van der Waals surface area contributed by atoms with Gasteiger partial charge in [0.1, 0.15) is 11.6 Å². The van der Waals surface area contributed by atoms with Crippen molar-refractivity contribution >= 4 is 21.8 Å². The molecule has 128 valence electrons. The topological polar surface area (TPSA) is 69.7 Å². The van der Waals surface area contributed by atoms with Gasteiger partial charge in [-0.05, 0) is 25.0 Å². The van der Waals surface area contributed by atoms with Crippen LogP contribution in [0, 0.1) is 17.6 Å². The van der Waals surface area contributed by atoms with Crippen molar-refractivity contribution < 1.29 is 22.0 Å². The third-order valence-corrected chi connectivity index (χ3v) is 5.64. The monoisotopic (exact) mass is 347 g/mol. The molecule has 1 amide bonds. The molecule has 1 atom stereocenters. The second-order valence-corrected chi connectivity index (χ2v) is 7.74. The molecule has 9 heteroatoms. The van der Waals surface area contributed by atoms with Crippen molar-refractivity contribution in [3.63, 3.8) is 0 Å². The number of anilines is 1. The lowest BCUT2D eigenvalue weighted by Gasteiger charge is -2.32. The molecule has 1 aliphatic heterocycles. The molecule has 0 bridgehead atoms. The van der Waals surface area contributed by atoms with Crippen molar-refractivity contribution in [2.24, 2.45) is 5.92 Å². The van der Waals surface area contributed by atoms with Crippen molar-refractivity contribution in [1.29, 1.82) is 0 Å². The largest absolute Gasteiger partial charge is 0.323 e. The van der Waals surface area contributed by atoms with E-state index >= 15 is 0 Å². The zero-order valence-electron chi connectivity index (χ0n) is 12.9. The maximum absolute atomic E-state index is 13.6. The summed E-state index contributed by atoms with van der Waals surface area (Å²) in [4.78, 5) is 12.2. The van der Waals surface area contributed by atoms with E-state index in [-0.39, 0.29) is 12.2 Å². The molecule has 1 aliphatic rings. The molecule has 1 saturated heterocycles. The molecule has 1 aromatic carbocycles. The van der Waals surface area contributed by atoms with E-state index in [9.17, 15) is 22.0 Å². The second kappa shape index (κ2) is 6.90. The number of carbonyl (C=O) groups is 1. The number of nitrogens with one attached hydrogen (secondary N) is 1. The number of nitrogens with zero attached hydrogens (tertiary/aromatic N) is 2. The van der Waals surface area contributed by atoms with Gasteiger partial charge in [0.05, 0.1) is 11.6 Å². The molecule has 6 nitrogen and oxygen atoms in total. The van der Waals surface area contributed by atoms with E-state index in [0.29, 0.717) is 25.5 Å². The molecule has 2 rings (SSSR count). The first-order valence-corrected chi connectivity index (χ1v) is 8.55. The lowest BCUT2D eigenvalue weighted by molar-refractivity contribution is -0.120. The predicted octanol–water partition coefficient (Wildman–Crippen LogP) is 1.42. The van der Waals surface area contributed by atoms with Crippen molar-refractivity contribution in [3.8, 4) is 0 Å². The van der Waals surface area contributed by atoms with Gasteiger partial charge in [-0.15, -0.1) is 0 Å². The van der Waals surface area contributed by atoms with Crippen LogP contribution in [0.15, 0.2) is 18.2 Å². The van der Waals surface area contributed by atoms with Gasteiger partial charge < -0.3 is 5.32 Å². The highest BCUT2D eigenvalue weighted by molar-refractivity contribution is 7.86. The molecule has 0 saturated carbocycles. The van der Waals surface area contributed by atoms with Crippen molar-refractivity contribution in [2.45, 2.75) is 12.8 Å². The molecule has 0 radical (unpaired) electrons. The van der Waals surface area contributed by atoms with Gasteiger partial charge in [-0.25, -0.2) is 8.78 Å². The number of carbonyl (C=O) groups excluding carboxylic acids is 1. The Morgan fingerprint density at radius 3 is 2.65 bits per heavy atom. The van der Waals surface area contributed by atoms with E-state index in [1.54, 1.807) is 0 Å². The van der Waals surface area contributed by atoms with Gasteiger partial charge >= 0.3 is 0 Å². The highest BCUT2D eigenvalue weighted by Crippen LogP contribution is 2.23. The summed E-state index contributed by atoms with van der Waals surface area (Å²) in [6.45, 7) is 0.379. The third-order valence-electron chi connectivity index (χ3n) is 3.73. The Morgan fingerprint density at radius 2 is 2.04 bits per heavy atom. The van der Waals surface area contributed by atoms with Crippen LogP contribution in [-0.2, 0) is 15.0 Å². The maximum atomic E-state index is 13.6. The molecular formula is C14H19F2N3O3S. The average Bonchev–Trinajstić information content (AvgIpc) is 2.50. The molecule has 0 aliphatic carbocycles. The van der Waals surface area contributed by atoms with Crippen LogP contribution in [0.5, 0.6) is 0 Å². The average molecular weight is 347 g/mol. The third kappa shape index (κ3) is 4.04. The van der Waals surface area contributed by atoms with Crippen LogP contribution in [-0.4, -0.2) is 50.1 Å². The van der Waals surface area contributed by atoms with E-state index < -0.39 is 33.7 Å². The van der Waals surface area contributed by atoms with E-state index in [4.69, 9.17) is 0 Å². The lowest BCUT2D eigenvalue weighted by atomic mass is 9.98. The molecule has 1 aromatic rings. The van der Waals surface area contributed by atoms with E-state index in [1.165, 1.54) is 18.4 Å². The smallest absolute Gasteiger partial charge is 0.281 e. The molecule has 1 heterocycles. The molecule has 0 aromatic heterocycles. The van der Waals surface area contributed by atoms with E-state index in [2.05, 4.69) is 5.32 Å². The Balaban J connectivity index is 2.08. The first-order chi connectivity index (χ1) is 10.7. The molecule has 0 spiro atoms. The second-order valence-electron chi connectivity index (χ2n) is 5.60. The SMILES string of the molecule is CN(C)S(=O)(=O)N1CCCC(C(=O)Nc2ccc(F)cc2F)C1. The summed E-state index contributed by atoms with van der Waals surface area (Å²) < 4.78 is 53.0. The fourth-order valence-corrected chi connectivity index (χ4v) is 3.61. The summed E-state index contributed by atoms with van der Waals surface area (Å²) in [5, 5.41) is 2.39. The van der Waals surface area contributed by atoms with Gasteiger partial charge in [0, 0.05) is 33.3 Å². The van der Waals surface area contributed by atoms with Crippen LogP contribution in [0.3, 0.4) is 0 Å². The van der Waals surface area contributed by atoms with Gasteiger partial charge in [0.15, 0.2) is 0 Å². The summed E-state index contributed by atoms with van der Waals surface area (Å²) in [6.07, 6.45) is 1.05. The van der Waals surface area contributed by atoms with Crippen LogP contribution in [0.1, 0.15) is 12.8 Å². The number of hydrogen-bond donors (Lipinski definition) is 1. The van der Waals surface area contributed by atoms with Crippen molar-refractivity contribution in [2.75, 3.05) is 32.5 Å². The molecule has 1 unspecified atom stereocenters. The summed E-state index contributed by atoms with van der Waals surface area (Å²) in [5.74, 6) is -2.66. The van der Waals surface area contributed by atoms with Crippen LogP contribution < -0.4 is 5.32 Å². The number of rotatable bonds is 4. The van der Waals surface area contributed by atoms with Gasteiger partial charge in [-0.2, -0.15) is 17.0 Å². The molecule has 23 heavy (non-hydrogen) atoms. The van der Waals surface area contributed by atoms with Crippen LogP contribution >= 0.6 is 0 Å².